The van der Waals surface area contributed by atoms with Gasteiger partial charge in [0.15, 0.2) is 0 Å². The molecule has 2 N–H and O–H groups in total. The van der Waals surface area contributed by atoms with Crippen LogP contribution in [0.4, 0.5) is 0 Å². The van der Waals surface area contributed by atoms with E-state index in [9.17, 15) is 10.2 Å². The van der Waals surface area contributed by atoms with Gasteiger partial charge < -0.3 is 24.3 Å². The molecule has 0 unspecified atom stereocenters. The fourth-order valence-electron chi connectivity index (χ4n) is 3.81. The summed E-state index contributed by atoms with van der Waals surface area (Å²) in [5.74, 6) is 1.59. The molecule has 0 bridgehead atoms. The molecule has 5 heteroatoms. The number of fused-ring (bicyclic) bond motifs is 3. The van der Waals surface area contributed by atoms with Gasteiger partial charge in [-0.3, -0.25) is 0 Å². The molecule has 4 rings (SSSR count). The summed E-state index contributed by atoms with van der Waals surface area (Å²) in [4.78, 5) is 0. The standard InChI is InChI=1S/C21H21NO4/c1-25-15-5-3-13(4-6-15)21-18(12-24)17(11-23)20-10-14-9-16(26-2)7-8-19(14)22(20)21/h3-9,23-24H,10-12H2,1-2H3. The minimum Gasteiger partial charge on any atom is -0.497 e. The Bertz CT molecular complexity index is 957. The number of methoxy groups -OCH3 is 2. The highest BCUT2D eigenvalue weighted by Crippen LogP contribution is 2.42. The van der Waals surface area contributed by atoms with Crippen molar-refractivity contribution in [2.75, 3.05) is 14.2 Å². The molecule has 2 heterocycles. The predicted octanol–water partition coefficient (Wildman–Crippen LogP) is 3.05. The molecule has 134 valence electrons. The molecule has 1 aromatic heterocycles. The Balaban J connectivity index is 1.96. The van der Waals surface area contributed by atoms with Gasteiger partial charge in [-0.15, -0.1) is 0 Å². The van der Waals surface area contributed by atoms with Crippen molar-refractivity contribution in [1.29, 1.82) is 0 Å². The lowest BCUT2D eigenvalue weighted by molar-refractivity contribution is 0.260. The lowest BCUT2D eigenvalue weighted by Gasteiger charge is -2.12. The van der Waals surface area contributed by atoms with Crippen molar-refractivity contribution in [2.45, 2.75) is 19.6 Å². The molecular formula is C21H21NO4. The molecule has 0 amide bonds. The molecule has 1 aliphatic rings. The van der Waals surface area contributed by atoms with Crippen molar-refractivity contribution >= 4 is 0 Å². The van der Waals surface area contributed by atoms with Crippen LogP contribution in [0.1, 0.15) is 22.4 Å². The second-order valence-corrected chi connectivity index (χ2v) is 6.30. The number of hydrogen-bond donors (Lipinski definition) is 2. The Hall–Kier alpha value is -2.76. The number of rotatable bonds is 5. The summed E-state index contributed by atoms with van der Waals surface area (Å²) in [5.41, 5.74) is 6.68. The van der Waals surface area contributed by atoms with Gasteiger partial charge in [0, 0.05) is 28.9 Å². The van der Waals surface area contributed by atoms with Crippen LogP contribution in [-0.2, 0) is 19.6 Å². The number of benzene rings is 2. The molecule has 26 heavy (non-hydrogen) atoms. The summed E-state index contributed by atoms with van der Waals surface area (Å²) in [6.07, 6.45) is 0.700. The monoisotopic (exact) mass is 351 g/mol. The van der Waals surface area contributed by atoms with Crippen LogP contribution in [0.15, 0.2) is 42.5 Å². The minimum absolute atomic E-state index is 0.105. The largest absolute Gasteiger partial charge is 0.497 e. The Morgan fingerprint density at radius 1 is 0.885 bits per heavy atom. The molecule has 0 atom stereocenters. The third kappa shape index (κ3) is 2.40. The number of aliphatic hydroxyl groups excluding tert-OH is 2. The van der Waals surface area contributed by atoms with E-state index in [2.05, 4.69) is 4.57 Å². The summed E-state index contributed by atoms with van der Waals surface area (Å²) in [7, 11) is 3.29. The van der Waals surface area contributed by atoms with Gasteiger partial charge in [0.25, 0.3) is 0 Å². The normalized spacial score (nSPS) is 12.0. The van der Waals surface area contributed by atoms with Gasteiger partial charge in [0.1, 0.15) is 11.5 Å². The summed E-state index contributed by atoms with van der Waals surface area (Å²) < 4.78 is 12.7. The van der Waals surface area contributed by atoms with E-state index >= 15 is 0 Å². The number of nitrogens with zero attached hydrogens (tertiary/aromatic N) is 1. The van der Waals surface area contributed by atoms with E-state index in [1.807, 2.05) is 42.5 Å². The van der Waals surface area contributed by atoms with E-state index in [-0.39, 0.29) is 13.2 Å². The molecule has 0 aliphatic carbocycles. The second-order valence-electron chi connectivity index (χ2n) is 6.30. The average Bonchev–Trinajstić information content (AvgIpc) is 3.20. The molecule has 1 aliphatic heterocycles. The van der Waals surface area contributed by atoms with Crippen molar-refractivity contribution in [3.8, 4) is 28.4 Å². The van der Waals surface area contributed by atoms with Crippen LogP contribution in [0.3, 0.4) is 0 Å². The summed E-state index contributed by atoms with van der Waals surface area (Å²) in [5, 5.41) is 20.0. The quantitative estimate of drug-likeness (QED) is 0.580. The average molecular weight is 351 g/mol. The molecule has 5 nitrogen and oxygen atoms in total. The lowest BCUT2D eigenvalue weighted by atomic mass is 10.0. The zero-order valence-corrected chi connectivity index (χ0v) is 14.8. The van der Waals surface area contributed by atoms with E-state index < -0.39 is 0 Å². The minimum atomic E-state index is -0.122. The topological polar surface area (TPSA) is 63.8 Å². The number of hydrogen-bond acceptors (Lipinski definition) is 4. The lowest BCUT2D eigenvalue weighted by Crippen LogP contribution is -1.98. The number of aliphatic hydroxyl groups is 2. The molecular weight excluding hydrogens is 330 g/mol. The van der Waals surface area contributed by atoms with E-state index in [4.69, 9.17) is 9.47 Å². The van der Waals surface area contributed by atoms with Gasteiger partial charge in [-0.2, -0.15) is 0 Å². The second kappa shape index (κ2) is 6.52. The fourth-order valence-corrected chi connectivity index (χ4v) is 3.81. The van der Waals surface area contributed by atoms with Crippen LogP contribution in [0.5, 0.6) is 11.5 Å². The third-order valence-corrected chi connectivity index (χ3v) is 5.06. The highest BCUT2D eigenvalue weighted by Gasteiger charge is 2.29. The Kier molecular flexibility index (Phi) is 4.18. The molecule has 0 saturated heterocycles. The van der Waals surface area contributed by atoms with Crippen molar-refractivity contribution in [1.82, 2.24) is 4.57 Å². The third-order valence-electron chi connectivity index (χ3n) is 5.06. The van der Waals surface area contributed by atoms with Crippen molar-refractivity contribution in [3.05, 3.63) is 64.8 Å². The van der Waals surface area contributed by atoms with Gasteiger partial charge in [0.2, 0.25) is 0 Å². The van der Waals surface area contributed by atoms with Gasteiger partial charge in [0.05, 0.1) is 33.1 Å². The zero-order chi connectivity index (χ0) is 18.3. The van der Waals surface area contributed by atoms with E-state index in [0.717, 1.165) is 50.8 Å². The maximum absolute atomic E-state index is 10.0. The Morgan fingerprint density at radius 3 is 2.15 bits per heavy atom. The fraction of sp³-hybridized carbons (Fsp3) is 0.238. The van der Waals surface area contributed by atoms with Crippen molar-refractivity contribution in [2.24, 2.45) is 0 Å². The first kappa shape index (κ1) is 16.7. The van der Waals surface area contributed by atoms with Crippen LogP contribution in [0.2, 0.25) is 0 Å². The maximum atomic E-state index is 10.0. The smallest absolute Gasteiger partial charge is 0.119 e. The van der Waals surface area contributed by atoms with E-state index in [0.29, 0.717) is 6.42 Å². The van der Waals surface area contributed by atoms with Crippen molar-refractivity contribution < 1.29 is 19.7 Å². The molecule has 0 saturated carbocycles. The summed E-state index contributed by atoms with van der Waals surface area (Å²) >= 11 is 0. The molecule has 0 fully saturated rings. The number of ether oxygens (including phenoxy) is 2. The molecule has 3 aromatic rings. The van der Waals surface area contributed by atoms with Crippen molar-refractivity contribution in [3.63, 3.8) is 0 Å². The first-order valence-corrected chi connectivity index (χ1v) is 8.50. The van der Waals surface area contributed by atoms with Gasteiger partial charge in [-0.1, -0.05) is 0 Å². The number of aromatic nitrogens is 1. The SMILES string of the molecule is COc1ccc(-c2c(CO)c(CO)c3n2-c2ccc(OC)cc2C3)cc1. The van der Waals surface area contributed by atoms with Crippen LogP contribution >= 0.6 is 0 Å². The van der Waals surface area contributed by atoms with Gasteiger partial charge in [-0.25, -0.2) is 0 Å². The maximum Gasteiger partial charge on any atom is 0.119 e. The van der Waals surface area contributed by atoms with Crippen LogP contribution in [-0.4, -0.2) is 29.0 Å². The zero-order valence-electron chi connectivity index (χ0n) is 14.8. The first-order chi connectivity index (χ1) is 12.7. The van der Waals surface area contributed by atoms with Crippen LogP contribution < -0.4 is 9.47 Å². The molecule has 0 spiro atoms. The van der Waals surface area contributed by atoms with Gasteiger partial charge >= 0.3 is 0 Å². The van der Waals surface area contributed by atoms with Gasteiger partial charge in [-0.05, 0) is 53.6 Å². The molecule has 0 radical (unpaired) electrons. The first-order valence-electron chi connectivity index (χ1n) is 8.50. The molecule has 2 aromatic carbocycles. The Labute approximate surface area is 152 Å². The predicted molar refractivity (Wildman–Crippen MR) is 99.0 cm³/mol. The highest BCUT2D eigenvalue weighted by atomic mass is 16.5. The highest BCUT2D eigenvalue weighted by molar-refractivity contribution is 5.74. The van der Waals surface area contributed by atoms with E-state index in [1.165, 1.54) is 0 Å². The summed E-state index contributed by atoms with van der Waals surface area (Å²) in [6, 6.07) is 13.7. The van der Waals surface area contributed by atoms with E-state index in [1.54, 1.807) is 14.2 Å². The van der Waals surface area contributed by atoms with Crippen LogP contribution in [0, 0.1) is 0 Å². The Morgan fingerprint density at radius 2 is 1.54 bits per heavy atom. The van der Waals surface area contributed by atoms with Crippen LogP contribution in [0.25, 0.3) is 16.9 Å². The summed E-state index contributed by atoms with van der Waals surface area (Å²) in [6.45, 7) is -0.227.